The lowest BCUT2D eigenvalue weighted by Crippen LogP contribution is -2.43. The van der Waals surface area contributed by atoms with E-state index in [9.17, 15) is 41.5 Å². The number of carbonyl (C=O) groups excluding carboxylic acids is 5. The molecule has 2 aromatic carbocycles. The molecular weight excluding hydrogens is 757 g/mol. The zero-order valence-electron chi connectivity index (χ0n) is 31.8. The van der Waals surface area contributed by atoms with Crippen molar-refractivity contribution in [3.05, 3.63) is 95.8 Å². The van der Waals surface area contributed by atoms with Crippen LogP contribution < -0.4 is 11.1 Å². The molecule has 0 unspecified atom stereocenters. The highest BCUT2D eigenvalue weighted by Crippen LogP contribution is 2.41. The molecule has 4 rings (SSSR count). The number of imide groups is 1. The summed E-state index contributed by atoms with van der Waals surface area (Å²) in [4.78, 5) is 73.8. The number of aromatic nitrogens is 1. The molecule has 0 fully saturated rings. The van der Waals surface area contributed by atoms with E-state index in [1.165, 1.54) is 0 Å². The molecule has 1 atom stereocenters. The van der Waals surface area contributed by atoms with Gasteiger partial charge in [-0.25, -0.2) is 13.6 Å². The Morgan fingerprint density at radius 2 is 1.53 bits per heavy atom. The second-order valence-electron chi connectivity index (χ2n) is 14.3. The topological polar surface area (TPSA) is 172 Å². The number of carbonyl (C=O) groups is 6. The fourth-order valence-corrected chi connectivity index (χ4v) is 6.08. The molecule has 4 N–H and O–H groups in total. The molecule has 12 nitrogen and oxygen atoms in total. The number of nitrogens with two attached hydrogens (primary N) is 1. The molecule has 1 aliphatic rings. The van der Waals surface area contributed by atoms with Crippen molar-refractivity contribution < 1.29 is 55.8 Å². The Morgan fingerprint density at radius 3 is 2.11 bits per heavy atom. The third kappa shape index (κ3) is 13.8. The van der Waals surface area contributed by atoms with E-state index in [4.69, 9.17) is 15.6 Å². The number of hydrogen-bond acceptors (Lipinski definition) is 7. The first-order valence-electron chi connectivity index (χ1n) is 18.0. The first kappa shape index (κ1) is 45.7. The Morgan fingerprint density at radius 1 is 0.895 bits per heavy atom. The van der Waals surface area contributed by atoms with Gasteiger partial charge >= 0.3 is 12.1 Å². The van der Waals surface area contributed by atoms with Gasteiger partial charge in [0.15, 0.2) is 5.78 Å². The Kier molecular flexibility index (Phi) is 16.4. The summed E-state index contributed by atoms with van der Waals surface area (Å²) in [5.74, 6) is -5.87. The molecule has 0 radical (unpaired) electrons. The van der Waals surface area contributed by atoms with Gasteiger partial charge in [-0.1, -0.05) is 51.1 Å². The predicted octanol–water partition coefficient (Wildman–Crippen LogP) is 5.55. The van der Waals surface area contributed by atoms with Crippen molar-refractivity contribution in [2.75, 3.05) is 26.2 Å². The lowest BCUT2D eigenvalue weighted by atomic mass is 9.82. The van der Waals surface area contributed by atoms with Crippen LogP contribution in [0, 0.1) is 17.0 Å². The van der Waals surface area contributed by atoms with E-state index in [-0.39, 0.29) is 55.5 Å². The molecule has 0 saturated carbocycles. The monoisotopic (exact) mass is 803 g/mol. The standard InChI is InChI=1S/C38H45F2N5O5.C2HF3O2/c1-38(2,3)37(32-21-27(30-22-28(39)12-13-31(30)40)24-43(32)23-26-9-5-4-6-10-26)44(20-8-18-41)34(48)15-14-33(47)42-19-7-11-29(46)25-45-35(49)16-17-36(45)50;3-2(4,5)1(6)7/h4-6,9-10,12-13,16-17,21-22,24,37H,7-8,11,14-15,18-20,23,25,41H2,1-3H3,(H,42,47);(H,6,7)/t37-;/m0./s1. The number of Topliss-reactive ketones (excluding diaryl/α,β-unsaturated/α-hetero) is 1. The second-order valence-corrected chi connectivity index (χ2v) is 14.3. The molecule has 1 aromatic heterocycles. The van der Waals surface area contributed by atoms with Crippen LogP contribution in [0.15, 0.2) is 72.9 Å². The molecule has 308 valence electrons. The van der Waals surface area contributed by atoms with Gasteiger partial charge in [-0.15, -0.1) is 0 Å². The van der Waals surface area contributed by atoms with E-state index in [2.05, 4.69) is 5.32 Å². The number of halogens is 5. The van der Waals surface area contributed by atoms with Crippen LogP contribution in [0.3, 0.4) is 0 Å². The summed E-state index contributed by atoms with van der Waals surface area (Å²) in [6.07, 6.45) is -0.356. The molecule has 57 heavy (non-hydrogen) atoms. The van der Waals surface area contributed by atoms with Gasteiger partial charge in [0, 0.05) is 74.1 Å². The Balaban J connectivity index is 0.00000113. The molecular formula is C40H46F5N5O7. The van der Waals surface area contributed by atoms with Gasteiger partial charge in [-0.05, 0) is 54.6 Å². The van der Waals surface area contributed by atoms with E-state index in [1.807, 2.05) is 55.7 Å². The van der Waals surface area contributed by atoms with Crippen LogP contribution in [0.2, 0.25) is 0 Å². The average Bonchev–Trinajstić information content (AvgIpc) is 3.69. The number of nitrogens with one attached hydrogen (secondary N) is 1. The van der Waals surface area contributed by atoms with Crippen LogP contribution in [-0.4, -0.2) is 87.2 Å². The SMILES string of the molecule is CC(C)(C)[C@H](c1cc(-c2cc(F)ccc2F)cn1Cc1ccccc1)N(CCCN)C(=O)CCC(=O)NCCCC(=O)CN1C(=O)C=CC1=O.O=C(O)C(F)(F)F. The van der Waals surface area contributed by atoms with Crippen LogP contribution in [0.1, 0.15) is 70.2 Å². The van der Waals surface area contributed by atoms with Gasteiger partial charge in [0.05, 0.1) is 12.6 Å². The molecule has 0 spiro atoms. The summed E-state index contributed by atoms with van der Waals surface area (Å²) >= 11 is 0. The van der Waals surface area contributed by atoms with Crippen molar-refractivity contribution in [1.29, 1.82) is 0 Å². The number of nitrogens with zero attached hydrogens (tertiary/aromatic N) is 3. The van der Waals surface area contributed by atoms with Crippen LogP contribution in [0.5, 0.6) is 0 Å². The van der Waals surface area contributed by atoms with Crippen LogP contribution in [0.4, 0.5) is 22.0 Å². The molecule has 0 saturated heterocycles. The van der Waals surface area contributed by atoms with E-state index >= 15 is 4.39 Å². The summed E-state index contributed by atoms with van der Waals surface area (Å²) in [7, 11) is 0. The summed E-state index contributed by atoms with van der Waals surface area (Å²) in [6, 6.07) is 14.3. The van der Waals surface area contributed by atoms with Crippen molar-refractivity contribution in [3.63, 3.8) is 0 Å². The summed E-state index contributed by atoms with van der Waals surface area (Å²) < 4.78 is 63.0. The summed E-state index contributed by atoms with van der Waals surface area (Å²) in [5, 5.41) is 9.86. The van der Waals surface area contributed by atoms with Gasteiger partial charge in [0.1, 0.15) is 11.6 Å². The summed E-state index contributed by atoms with van der Waals surface area (Å²) in [5.41, 5.74) is 7.66. The van der Waals surface area contributed by atoms with E-state index in [1.54, 1.807) is 17.2 Å². The van der Waals surface area contributed by atoms with Gasteiger partial charge in [-0.3, -0.25) is 28.9 Å². The van der Waals surface area contributed by atoms with Crippen molar-refractivity contribution in [2.45, 2.75) is 71.6 Å². The second kappa shape index (κ2) is 20.5. The van der Waals surface area contributed by atoms with E-state index < -0.39 is 47.1 Å². The number of carboxylic acids is 1. The Labute approximate surface area is 326 Å². The molecule has 17 heteroatoms. The number of aliphatic carboxylic acids is 1. The molecule has 4 amide bonds. The molecule has 2 heterocycles. The minimum atomic E-state index is -5.08. The van der Waals surface area contributed by atoms with Gasteiger partial charge in [0.2, 0.25) is 11.8 Å². The fraction of sp³-hybridized carbons (Fsp3) is 0.400. The van der Waals surface area contributed by atoms with Gasteiger partial charge < -0.3 is 25.6 Å². The van der Waals surface area contributed by atoms with Crippen molar-refractivity contribution >= 4 is 35.4 Å². The fourth-order valence-electron chi connectivity index (χ4n) is 6.08. The number of rotatable bonds is 17. The maximum absolute atomic E-state index is 15.0. The zero-order chi connectivity index (χ0) is 42.5. The molecule has 3 aromatic rings. The smallest absolute Gasteiger partial charge is 0.475 e. The number of hydrogen-bond donors (Lipinski definition) is 3. The van der Waals surface area contributed by atoms with E-state index in [0.29, 0.717) is 38.0 Å². The predicted molar refractivity (Wildman–Crippen MR) is 199 cm³/mol. The highest BCUT2D eigenvalue weighted by atomic mass is 19.4. The minimum Gasteiger partial charge on any atom is -0.475 e. The van der Waals surface area contributed by atoms with Gasteiger partial charge in [0.25, 0.3) is 11.8 Å². The largest absolute Gasteiger partial charge is 0.490 e. The van der Waals surface area contributed by atoms with Gasteiger partial charge in [-0.2, -0.15) is 13.2 Å². The number of amides is 4. The first-order valence-corrected chi connectivity index (χ1v) is 18.0. The third-order valence-electron chi connectivity index (χ3n) is 8.70. The lowest BCUT2D eigenvalue weighted by molar-refractivity contribution is -0.192. The number of alkyl halides is 3. The van der Waals surface area contributed by atoms with Crippen LogP contribution >= 0.6 is 0 Å². The first-order chi connectivity index (χ1) is 26.7. The summed E-state index contributed by atoms with van der Waals surface area (Å²) in [6.45, 7) is 6.96. The maximum Gasteiger partial charge on any atom is 0.490 e. The van der Waals surface area contributed by atoms with Crippen molar-refractivity contribution in [3.8, 4) is 11.1 Å². The zero-order valence-corrected chi connectivity index (χ0v) is 31.8. The van der Waals surface area contributed by atoms with Crippen molar-refractivity contribution in [2.24, 2.45) is 11.1 Å². The average molecular weight is 804 g/mol. The number of ketones is 1. The molecule has 0 bridgehead atoms. The van der Waals surface area contributed by atoms with E-state index in [0.717, 1.165) is 46.5 Å². The minimum absolute atomic E-state index is 0.0700. The third-order valence-corrected chi connectivity index (χ3v) is 8.70. The molecule has 0 aliphatic carbocycles. The van der Waals surface area contributed by atoms with Crippen molar-refractivity contribution in [1.82, 2.24) is 19.7 Å². The number of carboxylic acid groups (broad SMARTS) is 1. The number of benzene rings is 2. The Hall–Kier alpha value is -5.71. The normalized spacial score (nSPS) is 13.2. The maximum atomic E-state index is 15.0. The van der Waals surface area contributed by atoms with Crippen LogP contribution in [0.25, 0.3) is 11.1 Å². The van der Waals surface area contributed by atoms with Crippen LogP contribution in [-0.2, 0) is 35.3 Å². The lowest BCUT2D eigenvalue weighted by Gasteiger charge is -2.41. The highest BCUT2D eigenvalue weighted by molar-refractivity contribution is 6.14. The highest BCUT2D eigenvalue weighted by Gasteiger charge is 2.39. The quantitative estimate of drug-likeness (QED) is 0.0906. The Bertz CT molecular complexity index is 1920. The molecule has 1 aliphatic heterocycles.